The molecule has 3 rings (SSSR count). The largest absolute Gasteiger partial charge is 0.391 e. The Balaban J connectivity index is 1.89. The van der Waals surface area contributed by atoms with Crippen molar-refractivity contribution in [2.45, 2.75) is 83.0 Å². The zero-order valence-electron chi connectivity index (χ0n) is 12.0. The van der Waals surface area contributed by atoms with Crippen molar-refractivity contribution in [3.63, 3.8) is 0 Å². The molecular formula is C13H22O6. The molecular weight excluding hydrogens is 252 g/mol. The maximum Gasteiger partial charge on any atom is 0.190 e. The summed E-state index contributed by atoms with van der Waals surface area (Å²) in [4.78, 5) is 0. The second-order valence-corrected chi connectivity index (χ2v) is 6.37. The van der Waals surface area contributed by atoms with E-state index in [1.165, 1.54) is 0 Å². The first-order chi connectivity index (χ1) is 8.69. The second kappa shape index (κ2) is 4.13. The molecule has 0 amide bonds. The van der Waals surface area contributed by atoms with Gasteiger partial charge in [0.2, 0.25) is 0 Å². The number of aliphatic hydroxyl groups excluding tert-OH is 1. The molecule has 6 nitrogen and oxygen atoms in total. The van der Waals surface area contributed by atoms with Gasteiger partial charge in [-0.1, -0.05) is 0 Å². The van der Waals surface area contributed by atoms with Gasteiger partial charge in [-0.3, -0.25) is 0 Å². The number of ether oxygens (including phenoxy) is 5. The summed E-state index contributed by atoms with van der Waals surface area (Å²) in [5.74, 6) is -1.43. The van der Waals surface area contributed by atoms with Crippen LogP contribution in [0.2, 0.25) is 0 Å². The Kier molecular flexibility index (Phi) is 2.98. The summed E-state index contributed by atoms with van der Waals surface area (Å²) in [6.45, 7) is 9.04. The summed E-state index contributed by atoms with van der Waals surface area (Å²) < 4.78 is 29.2. The smallest absolute Gasteiger partial charge is 0.190 e. The van der Waals surface area contributed by atoms with E-state index in [2.05, 4.69) is 0 Å². The standard InChI is InChI=1S/C13H22O6/c1-6(14)7-8-9(17-12(2,3)16-8)10-11(15-7)19-13(4,5)18-10/h6-11,14H,1-5H3/t6-,7?,8+,9+,10-,11-/m0/s1. The minimum atomic E-state index is -0.719. The summed E-state index contributed by atoms with van der Waals surface area (Å²) in [5.41, 5.74) is 0. The van der Waals surface area contributed by atoms with Gasteiger partial charge in [-0.2, -0.15) is 0 Å². The molecule has 1 unspecified atom stereocenters. The molecule has 3 saturated heterocycles. The van der Waals surface area contributed by atoms with Gasteiger partial charge in [0.25, 0.3) is 0 Å². The first-order valence-corrected chi connectivity index (χ1v) is 6.73. The summed E-state index contributed by atoms with van der Waals surface area (Å²) in [6, 6.07) is 0. The molecule has 110 valence electrons. The summed E-state index contributed by atoms with van der Waals surface area (Å²) in [6.07, 6.45) is -2.67. The van der Waals surface area contributed by atoms with Crippen LogP contribution in [0.15, 0.2) is 0 Å². The van der Waals surface area contributed by atoms with E-state index in [0.29, 0.717) is 0 Å². The van der Waals surface area contributed by atoms with Gasteiger partial charge < -0.3 is 28.8 Å². The molecule has 6 atom stereocenters. The zero-order chi connectivity index (χ0) is 14.0. The van der Waals surface area contributed by atoms with E-state index in [9.17, 15) is 5.11 Å². The monoisotopic (exact) mass is 274 g/mol. The quantitative estimate of drug-likeness (QED) is 0.761. The third kappa shape index (κ3) is 2.30. The third-order valence-electron chi connectivity index (χ3n) is 3.67. The molecule has 3 heterocycles. The van der Waals surface area contributed by atoms with Crippen LogP contribution in [-0.2, 0) is 23.7 Å². The van der Waals surface area contributed by atoms with Crippen molar-refractivity contribution in [1.29, 1.82) is 0 Å². The summed E-state index contributed by atoms with van der Waals surface area (Å²) in [5, 5.41) is 9.89. The average Bonchev–Trinajstić information content (AvgIpc) is 2.70. The summed E-state index contributed by atoms with van der Waals surface area (Å²) >= 11 is 0. The fourth-order valence-corrected chi connectivity index (χ4v) is 3.03. The fourth-order valence-electron chi connectivity index (χ4n) is 3.03. The molecule has 0 aromatic rings. The van der Waals surface area contributed by atoms with E-state index in [4.69, 9.17) is 23.7 Å². The second-order valence-electron chi connectivity index (χ2n) is 6.37. The van der Waals surface area contributed by atoms with E-state index in [1.54, 1.807) is 6.92 Å². The van der Waals surface area contributed by atoms with Crippen LogP contribution in [0.3, 0.4) is 0 Å². The van der Waals surface area contributed by atoms with Crippen molar-refractivity contribution in [2.24, 2.45) is 0 Å². The Hall–Kier alpha value is -0.240. The molecule has 0 aliphatic carbocycles. The number of hydrogen-bond acceptors (Lipinski definition) is 6. The van der Waals surface area contributed by atoms with Crippen LogP contribution in [0.25, 0.3) is 0 Å². The molecule has 0 saturated carbocycles. The lowest BCUT2D eigenvalue weighted by Gasteiger charge is -2.38. The van der Waals surface area contributed by atoms with Crippen molar-refractivity contribution < 1.29 is 28.8 Å². The number of fused-ring (bicyclic) bond motifs is 3. The normalized spacial score (nSPS) is 48.6. The lowest BCUT2D eigenvalue weighted by atomic mass is 9.96. The van der Waals surface area contributed by atoms with Crippen molar-refractivity contribution >= 4 is 0 Å². The van der Waals surface area contributed by atoms with Gasteiger partial charge >= 0.3 is 0 Å². The molecule has 6 heteroatoms. The lowest BCUT2D eigenvalue weighted by Crippen LogP contribution is -2.57. The molecule has 0 aromatic carbocycles. The molecule has 3 aliphatic rings. The Morgan fingerprint density at radius 2 is 1.37 bits per heavy atom. The van der Waals surface area contributed by atoms with Crippen molar-refractivity contribution in [2.75, 3.05) is 0 Å². The van der Waals surface area contributed by atoms with Crippen LogP contribution in [0, 0.1) is 0 Å². The fraction of sp³-hybridized carbons (Fsp3) is 1.00. The minimum Gasteiger partial charge on any atom is -0.391 e. The zero-order valence-corrected chi connectivity index (χ0v) is 12.0. The molecule has 1 N–H and O–H groups in total. The highest BCUT2D eigenvalue weighted by Crippen LogP contribution is 2.44. The van der Waals surface area contributed by atoms with Crippen LogP contribution in [0.4, 0.5) is 0 Å². The highest BCUT2D eigenvalue weighted by molar-refractivity contribution is 5.01. The summed E-state index contributed by atoms with van der Waals surface area (Å²) in [7, 11) is 0. The highest BCUT2D eigenvalue weighted by Gasteiger charge is 2.61. The van der Waals surface area contributed by atoms with Gasteiger partial charge in [-0.25, -0.2) is 0 Å². The van der Waals surface area contributed by atoms with Gasteiger partial charge in [-0.05, 0) is 34.6 Å². The van der Waals surface area contributed by atoms with E-state index < -0.39 is 30.1 Å². The number of aliphatic hydroxyl groups is 1. The van der Waals surface area contributed by atoms with Gasteiger partial charge in [0.1, 0.15) is 24.4 Å². The van der Waals surface area contributed by atoms with E-state index in [0.717, 1.165) is 0 Å². The molecule has 0 bridgehead atoms. The maximum atomic E-state index is 9.89. The number of hydrogen-bond donors (Lipinski definition) is 1. The van der Waals surface area contributed by atoms with E-state index >= 15 is 0 Å². The van der Waals surface area contributed by atoms with Crippen LogP contribution in [0.1, 0.15) is 34.6 Å². The third-order valence-corrected chi connectivity index (χ3v) is 3.67. The first-order valence-electron chi connectivity index (χ1n) is 6.73. The predicted octanol–water partition coefficient (Wildman–Crippen LogP) is 0.764. The Morgan fingerprint density at radius 3 is 2.00 bits per heavy atom. The van der Waals surface area contributed by atoms with Gasteiger partial charge in [0, 0.05) is 0 Å². The van der Waals surface area contributed by atoms with Crippen LogP contribution in [0.5, 0.6) is 0 Å². The molecule has 3 aliphatic heterocycles. The lowest BCUT2D eigenvalue weighted by molar-refractivity contribution is -0.250. The van der Waals surface area contributed by atoms with Crippen molar-refractivity contribution in [3.05, 3.63) is 0 Å². The maximum absolute atomic E-state index is 9.89. The van der Waals surface area contributed by atoms with Crippen molar-refractivity contribution in [3.8, 4) is 0 Å². The van der Waals surface area contributed by atoms with Crippen LogP contribution < -0.4 is 0 Å². The van der Waals surface area contributed by atoms with E-state index in [1.807, 2.05) is 27.7 Å². The topological polar surface area (TPSA) is 66.4 Å². The first kappa shape index (κ1) is 13.7. The Bertz CT molecular complexity index is 366. The molecule has 19 heavy (non-hydrogen) atoms. The van der Waals surface area contributed by atoms with Crippen LogP contribution >= 0.6 is 0 Å². The van der Waals surface area contributed by atoms with Gasteiger partial charge in [-0.15, -0.1) is 0 Å². The van der Waals surface area contributed by atoms with E-state index in [-0.39, 0.29) is 18.3 Å². The predicted molar refractivity (Wildman–Crippen MR) is 64.2 cm³/mol. The van der Waals surface area contributed by atoms with Crippen molar-refractivity contribution in [1.82, 2.24) is 0 Å². The Morgan fingerprint density at radius 1 is 0.842 bits per heavy atom. The molecule has 3 fully saturated rings. The molecule has 0 spiro atoms. The minimum absolute atomic E-state index is 0.296. The average molecular weight is 274 g/mol. The van der Waals surface area contributed by atoms with Gasteiger partial charge in [0.05, 0.1) is 6.10 Å². The highest BCUT2D eigenvalue weighted by atomic mass is 16.9. The number of rotatable bonds is 1. The molecule has 0 radical (unpaired) electrons. The molecule has 0 aromatic heterocycles. The van der Waals surface area contributed by atoms with Gasteiger partial charge in [0.15, 0.2) is 17.9 Å². The van der Waals surface area contributed by atoms with Crippen LogP contribution in [-0.4, -0.2) is 53.5 Å². The SMILES string of the molecule is C[C@H](O)C1O[C@H]2OC(C)(C)O[C@H]2[C@@H]2OC(C)(C)O[C@H]12. The Labute approximate surface area is 112 Å².